The number of likely N-dealkylation sites (tertiary alicyclic amines) is 1. The van der Waals surface area contributed by atoms with Crippen LogP contribution in [0.4, 0.5) is 29.3 Å². The van der Waals surface area contributed by atoms with Crippen LogP contribution in [-0.2, 0) is 22.1 Å². The highest BCUT2D eigenvalue weighted by molar-refractivity contribution is 7.81. The third-order valence-electron chi connectivity index (χ3n) is 8.43. The average Bonchev–Trinajstić information content (AvgIpc) is 3.14. The summed E-state index contributed by atoms with van der Waals surface area (Å²) in [6.07, 6.45) is -1.87. The van der Waals surface area contributed by atoms with Crippen molar-refractivity contribution in [3.05, 3.63) is 53.1 Å². The quantitative estimate of drug-likeness (QED) is 0.280. The maximum Gasteiger partial charge on any atom is 0.417 e. The number of anilines is 2. The lowest BCUT2D eigenvalue weighted by Gasteiger charge is -2.38. The molecular formula is C34H41F3N4O4S. The fourth-order valence-corrected chi connectivity index (χ4v) is 6.56. The fourth-order valence-electron chi connectivity index (χ4n) is 6.04. The van der Waals surface area contributed by atoms with E-state index >= 15 is 0 Å². The predicted octanol–water partition coefficient (Wildman–Crippen LogP) is 7.86. The Bertz CT molecular complexity index is 1550. The number of amides is 2. The molecule has 0 aromatic heterocycles. The van der Waals surface area contributed by atoms with Gasteiger partial charge in [0.2, 0.25) is 0 Å². The summed E-state index contributed by atoms with van der Waals surface area (Å²) < 4.78 is 52.8. The molecule has 8 nitrogen and oxygen atoms in total. The Morgan fingerprint density at radius 3 is 2.39 bits per heavy atom. The molecule has 248 valence electrons. The van der Waals surface area contributed by atoms with Gasteiger partial charge in [-0.05, 0) is 127 Å². The summed E-state index contributed by atoms with van der Waals surface area (Å²) in [6.45, 7) is 14.1. The van der Waals surface area contributed by atoms with Crippen molar-refractivity contribution in [2.45, 2.75) is 97.5 Å². The molecule has 2 aliphatic rings. The average molecular weight is 659 g/mol. The van der Waals surface area contributed by atoms with E-state index in [9.17, 15) is 28.0 Å². The number of alkyl halides is 3. The minimum atomic E-state index is -4.78. The lowest BCUT2D eigenvalue weighted by Crippen LogP contribution is -2.46. The Kier molecular flexibility index (Phi) is 9.97. The first kappa shape index (κ1) is 35.0. The molecule has 2 aromatic rings. The predicted molar refractivity (Wildman–Crippen MR) is 174 cm³/mol. The van der Waals surface area contributed by atoms with Gasteiger partial charge >= 0.3 is 12.3 Å². The SMILES string of the molecule is CCc1cc(N2C(=S)N(c3ccc(C#N)c(C(F)(F)F)c3)C(=O)C2(C)C)ccc1OCC[C@H]1CCN(C(=O)OC(C)(C)C)[C@H](C)C1. The van der Waals surface area contributed by atoms with Crippen molar-refractivity contribution in [2.24, 2.45) is 5.92 Å². The number of aryl methyl sites for hydroxylation is 1. The molecule has 0 spiro atoms. The summed E-state index contributed by atoms with van der Waals surface area (Å²) in [5.74, 6) is 0.622. The molecule has 2 aliphatic heterocycles. The van der Waals surface area contributed by atoms with Gasteiger partial charge in [0.1, 0.15) is 16.9 Å². The number of ether oxygens (including phenoxy) is 2. The van der Waals surface area contributed by atoms with Gasteiger partial charge in [-0.3, -0.25) is 9.69 Å². The fraction of sp³-hybridized carbons (Fsp3) is 0.529. The van der Waals surface area contributed by atoms with Gasteiger partial charge in [0, 0.05) is 18.3 Å². The number of carbonyl (C=O) groups is 2. The number of nitriles is 1. The first-order valence-corrected chi connectivity index (χ1v) is 15.8. The van der Waals surface area contributed by atoms with Crippen molar-refractivity contribution in [3.8, 4) is 11.8 Å². The first-order chi connectivity index (χ1) is 21.4. The van der Waals surface area contributed by atoms with E-state index in [2.05, 4.69) is 0 Å². The Balaban J connectivity index is 1.46. The molecule has 46 heavy (non-hydrogen) atoms. The van der Waals surface area contributed by atoms with Crippen molar-refractivity contribution in [1.82, 2.24) is 4.90 Å². The summed E-state index contributed by atoms with van der Waals surface area (Å²) in [5.41, 5.74) is -1.94. The van der Waals surface area contributed by atoms with E-state index in [0.29, 0.717) is 36.9 Å². The molecule has 2 aromatic carbocycles. The number of thiocarbonyl (C=S) groups is 1. The number of benzene rings is 2. The summed E-state index contributed by atoms with van der Waals surface area (Å²) in [7, 11) is 0. The van der Waals surface area contributed by atoms with Crippen LogP contribution in [0.5, 0.6) is 5.75 Å². The molecule has 2 saturated heterocycles. The zero-order valence-electron chi connectivity index (χ0n) is 27.3. The summed E-state index contributed by atoms with van der Waals surface area (Å²) in [4.78, 5) is 30.7. The molecule has 2 atom stereocenters. The number of rotatable bonds is 7. The second kappa shape index (κ2) is 13.1. The van der Waals surface area contributed by atoms with Crippen molar-refractivity contribution in [2.75, 3.05) is 23.0 Å². The summed E-state index contributed by atoms with van der Waals surface area (Å²) in [5, 5.41) is 9.22. The molecule has 0 bridgehead atoms. The molecule has 0 N–H and O–H groups in total. The third-order valence-corrected chi connectivity index (χ3v) is 8.80. The van der Waals surface area contributed by atoms with Crippen LogP contribution in [-0.4, -0.2) is 52.3 Å². The van der Waals surface area contributed by atoms with E-state index in [1.807, 2.05) is 46.8 Å². The molecule has 2 fully saturated rings. The molecule has 12 heteroatoms. The molecule has 2 heterocycles. The van der Waals surface area contributed by atoms with E-state index in [-0.39, 0.29) is 22.9 Å². The largest absolute Gasteiger partial charge is 0.493 e. The Labute approximate surface area is 274 Å². The number of nitrogens with zero attached hydrogens (tertiary/aromatic N) is 4. The van der Waals surface area contributed by atoms with Crippen LogP contribution in [0.3, 0.4) is 0 Å². The number of carbonyl (C=O) groups excluding carboxylic acids is 2. The maximum atomic E-state index is 13.7. The van der Waals surface area contributed by atoms with Crippen LogP contribution in [0.2, 0.25) is 0 Å². The van der Waals surface area contributed by atoms with Crippen LogP contribution < -0.4 is 14.5 Å². The van der Waals surface area contributed by atoms with Crippen molar-refractivity contribution in [1.29, 1.82) is 5.26 Å². The summed E-state index contributed by atoms with van der Waals surface area (Å²) >= 11 is 5.69. The monoisotopic (exact) mass is 658 g/mol. The zero-order valence-corrected chi connectivity index (χ0v) is 28.1. The van der Waals surface area contributed by atoms with E-state index in [1.165, 1.54) is 6.07 Å². The standard InChI is InChI=1S/C34H41F3N4O4S/c1-8-23-18-26(11-12-28(23)44-16-14-22-13-15-39(21(2)17-22)31(43)45-32(3,4)5)41-30(46)40(29(42)33(41,6)7)25-10-9-24(20-38)27(19-25)34(35,36)37/h9-12,18-19,21-22H,8,13-17H2,1-7H3/t21-,22-/m1/s1. The Morgan fingerprint density at radius 2 is 1.80 bits per heavy atom. The highest BCUT2D eigenvalue weighted by Crippen LogP contribution is 2.40. The van der Waals surface area contributed by atoms with Gasteiger partial charge < -0.3 is 19.3 Å². The maximum absolute atomic E-state index is 13.7. The highest BCUT2D eigenvalue weighted by atomic mass is 32.1. The lowest BCUT2D eigenvalue weighted by molar-refractivity contribution is -0.137. The van der Waals surface area contributed by atoms with Crippen LogP contribution >= 0.6 is 12.2 Å². The summed E-state index contributed by atoms with van der Waals surface area (Å²) in [6, 6.07) is 10.3. The minimum Gasteiger partial charge on any atom is -0.493 e. The van der Waals surface area contributed by atoms with Crippen LogP contribution in [0.1, 0.15) is 84.4 Å². The van der Waals surface area contributed by atoms with Gasteiger partial charge in [-0.15, -0.1) is 0 Å². The normalized spacial score (nSPS) is 20.2. The minimum absolute atomic E-state index is 0.0374. The third kappa shape index (κ3) is 7.25. The van der Waals surface area contributed by atoms with Gasteiger partial charge in [-0.1, -0.05) is 6.92 Å². The van der Waals surface area contributed by atoms with E-state index in [0.717, 1.165) is 41.9 Å². The van der Waals surface area contributed by atoms with Gasteiger partial charge in [0.15, 0.2) is 5.11 Å². The second-order valence-electron chi connectivity index (χ2n) is 13.4. The van der Waals surface area contributed by atoms with Crippen LogP contribution in [0.25, 0.3) is 0 Å². The molecular weight excluding hydrogens is 617 g/mol. The van der Waals surface area contributed by atoms with E-state index in [4.69, 9.17) is 21.7 Å². The molecule has 0 aliphatic carbocycles. The van der Waals surface area contributed by atoms with Crippen LogP contribution in [0.15, 0.2) is 36.4 Å². The zero-order chi connectivity index (χ0) is 34.2. The first-order valence-electron chi connectivity index (χ1n) is 15.4. The van der Waals surface area contributed by atoms with E-state index < -0.39 is 34.4 Å². The molecule has 4 rings (SSSR count). The number of piperidine rings is 1. The smallest absolute Gasteiger partial charge is 0.417 e. The van der Waals surface area contributed by atoms with Gasteiger partial charge in [-0.25, -0.2) is 4.79 Å². The molecule has 2 amide bonds. The van der Waals surface area contributed by atoms with Crippen molar-refractivity contribution >= 4 is 40.7 Å². The molecule has 0 radical (unpaired) electrons. The van der Waals surface area contributed by atoms with Gasteiger partial charge in [-0.2, -0.15) is 18.4 Å². The highest BCUT2D eigenvalue weighted by Gasteiger charge is 2.51. The van der Waals surface area contributed by atoms with E-state index in [1.54, 1.807) is 35.8 Å². The Morgan fingerprint density at radius 1 is 1.13 bits per heavy atom. The van der Waals surface area contributed by atoms with Gasteiger partial charge in [0.05, 0.1) is 29.5 Å². The Hall–Kier alpha value is -3.85. The number of halogens is 3. The van der Waals surface area contributed by atoms with Crippen molar-refractivity contribution in [3.63, 3.8) is 0 Å². The molecule has 0 unspecified atom stereocenters. The topological polar surface area (TPSA) is 86.1 Å². The molecule has 0 saturated carbocycles. The van der Waals surface area contributed by atoms with Crippen molar-refractivity contribution < 1.29 is 32.2 Å². The lowest BCUT2D eigenvalue weighted by atomic mass is 9.89. The van der Waals surface area contributed by atoms with Crippen LogP contribution in [0, 0.1) is 17.2 Å². The second-order valence-corrected chi connectivity index (χ2v) is 13.7. The number of hydrogen-bond donors (Lipinski definition) is 0. The van der Waals surface area contributed by atoms with Gasteiger partial charge in [0.25, 0.3) is 5.91 Å². The number of hydrogen-bond acceptors (Lipinski definition) is 6.